The summed E-state index contributed by atoms with van der Waals surface area (Å²) in [6.45, 7) is 3.81. The monoisotopic (exact) mass is 466 g/mol. The van der Waals surface area contributed by atoms with E-state index in [1.165, 1.54) is 49.1 Å². The molecule has 1 saturated carbocycles. The number of fused-ring (bicyclic) bond motifs is 1. The number of alkyl halides is 3. The maximum atomic E-state index is 15.1. The zero-order valence-corrected chi connectivity index (χ0v) is 18.8. The van der Waals surface area contributed by atoms with Crippen LogP contribution >= 0.6 is 0 Å². The van der Waals surface area contributed by atoms with Crippen molar-refractivity contribution in [3.63, 3.8) is 0 Å². The lowest BCUT2D eigenvalue weighted by molar-refractivity contribution is -0.274. The van der Waals surface area contributed by atoms with Crippen molar-refractivity contribution in [1.82, 2.24) is 0 Å². The highest BCUT2D eigenvalue weighted by molar-refractivity contribution is 5.85. The lowest BCUT2D eigenvalue weighted by Crippen LogP contribution is -2.16. The smallest absolute Gasteiger partial charge is 0.406 e. The molecule has 0 heterocycles. The molecule has 0 amide bonds. The van der Waals surface area contributed by atoms with Gasteiger partial charge in [-0.3, -0.25) is 0 Å². The Morgan fingerprint density at radius 3 is 2.35 bits per heavy atom. The first-order chi connectivity index (χ1) is 16.3. The van der Waals surface area contributed by atoms with Crippen LogP contribution in [-0.4, -0.2) is 6.36 Å². The Bertz CT molecular complexity index is 1210. The Kier molecular flexibility index (Phi) is 7.26. The van der Waals surface area contributed by atoms with Gasteiger partial charge in [0.1, 0.15) is 11.6 Å². The highest BCUT2D eigenvalue weighted by atomic mass is 19.4. The van der Waals surface area contributed by atoms with Gasteiger partial charge in [-0.1, -0.05) is 42.2 Å². The number of allylic oxidation sites excluding steroid dienone is 1. The molecule has 3 aromatic rings. The zero-order valence-electron chi connectivity index (χ0n) is 18.8. The van der Waals surface area contributed by atoms with Crippen LogP contribution in [0.1, 0.15) is 61.1 Å². The molecular formula is C29H26F4O. The molecule has 1 nitrogen and oxygen atoms in total. The van der Waals surface area contributed by atoms with Crippen LogP contribution in [-0.2, 0) is 0 Å². The Morgan fingerprint density at radius 2 is 1.68 bits per heavy atom. The van der Waals surface area contributed by atoms with Crippen molar-refractivity contribution in [1.29, 1.82) is 0 Å². The molecule has 0 atom stereocenters. The molecule has 3 aromatic carbocycles. The largest absolute Gasteiger partial charge is 0.573 e. The van der Waals surface area contributed by atoms with E-state index in [0.717, 1.165) is 30.6 Å². The van der Waals surface area contributed by atoms with Gasteiger partial charge in [0.2, 0.25) is 0 Å². The highest BCUT2D eigenvalue weighted by Gasteiger charge is 2.31. The number of hydrogen-bond acceptors (Lipinski definition) is 1. The summed E-state index contributed by atoms with van der Waals surface area (Å²) in [6, 6.07) is 14.7. The summed E-state index contributed by atoms with van der Waals surface area (Å²) in [7, 11) is 0. The average Bonchev–Trinajstić information content (AvgIpc) is 2.82. The van der Waals surface area contributed by atoms with Crippen molar-refractivity contribution in [3.05, 3.63) is 89.8 Å². The van der Waals surface area contributed by atoms with Crippen LogP contribution in [0.25, 0.3) is 10.8 Å². The van der Waals surface area contributed by atoms with Crippen LogP contribution in [0.15, 0.2) is 67.3 Å². The third-order valence-corrected chi connectivity index (χ3v) is 6.50. The Hall–Kier alpha value is -3.26. The topological polar surface area (TPSA) is 9.23 Å². The molecule has 0 radical (unpaired) electrons. The fourth-order valence-corrected chi connectivity index (χ4v) is 4.68. The van der Waals surface area contributed by atoms with Crippen LogP contribution < -0.4 is 4.74 Å². The molecule has 0 bridgehead atoms. The Labute approximate surface area is 197 Å². The van der Waals surface area contributed by atoms with Gasteiger partial charge in [-0.15, -0.1) is 19.8 Å². The maximum absolute atomic E-state index is 15.1. The van der Waals surface area contributed by atoms with E-state index in [1.54, 1.807) is 6.07 Å². The van der Waals surface area contributed by atoms with Gasteiger partial charge in [0.05, 0.1) is 5.56 Å². The van der Waals surface area contributed by atoms with Crippen LogP contribution in [0.5, 0.6) is 5.75 Å². The number of benzene rings is 3. The molecule has 1 fully saturated rings. The molecule has 0 aromatic heterocycles. The predicted octanol–water partition coefficient (Wildman–Crippen LogP) is 8.52. The molecule has 0 spiro atoms. The quantitative estimate of drug-likeness (QED) is 0.208. The first-order valence-electron chi connectivity index (χ1n) is 11.5. The van der Waals surface area contributed by atoms with E-state index >= 15 is 4.39 Å². The van der Waals surface area contributed by atoms with Crippen molar-refractivity contribution >= 4 is 10.8 Å². The van der Waals surface area contributed by atoms with E-state index in [2.05, 4.69) is 29.2 Å². The minimum absolute atomic E-state index is 0.249. The third kappa shape index (κ3) is 5.99. The number of ether oxygens (including phenoxy) is 1. The minimum Gasteiger partial charge on any atom is -0.406 e. The highest BCUT2D eigenvalue weighted by Crippen LogP contribution is 2.38. The minimum atomic E-state index is -4.74. The predicted molar refractivity (Wildman–Crippen MR) is 127 cm³/mol. The van der Waals surface area contributed by atoms with Crippen molar-refractivity contribution in [2.45, 2.75) is 50.8 Å². The molecule has 5 heteroatoms. The normalized spacial score (nSPS) is 18.2. The van der Waals surface area contributed by atoms with Gasteiger partial charge in [-0.05, 0) is 91.6 Å². The average molecular weight is 467 g/mol. The summed E-state index contributed by atoms with van der Waals surface area (Å²) < 4.78 is 55.8. The molecule has 34 heavy (non-hydrogen) atoms. The Balaban J connectivity index is 1.47. The lowest BCUT2D eigenvalue weighted by atomic mass is 9.77. The molecule has 1 aliphatic carbocycles. The van der Waals surface area contributed by atoms with Crippen molar-refractivity contribution in [2.75, 3.05) is 0 Å². The van der Waals surface area contributed by atoms with Crippen LogP contribution in [0.2, 0.25) is 0 Å². The van der Waals surface area contributed by atoms with Crippen molar-refractivity contribution in [3.8, 4) is 17.6 Å². The van der Waals surface area contributed by atoms with Gasteiger partial charge in [-0.25, -0.2) is 4.39 Å². The van der Waals surface area contributed by atoms with E-state index in [-0.39, 0.29) is 17.1 Å². The second-order valence-corrected chi connectivity index (χ2v) is 8.81. The second-order valence-electron chi connectivity index (χ2n) is 8.81. The first kappa shape index (κ1) is 23.9. The van der Waals surface area contributed by atoms with Gasteiger partial charge < -0.3 is 4.74 Å². The SMILES string of the molecule is C=CCCC1CCC(c2ccc3c(F)c(C#Cc4ccc(OC(F)(F)F)cc4)ccc3c2)CC1. The van der Waals surface area contributed by atoms with Gasteiger partial charge in [-0.2, -0.15) is 0 Å². The summed E-state index contributed by atoms with van der Waals surface area (Å²) in [5.41, 5.74) is 1.97. The molecule has 176 valence electrons. The zero-order chi connectivity index (χ0) is 24.1. The van der Waals surface area contributed by atoms with E-state index < -0.39 is 6.36 Å². The second kappa shape index (κ2) is 10.3. The molecule has 0 N–H and O–H groups in total. The maximum Gasteiger partial charge on any atom is 0.573 e. The molecule has 4 rings (SSSR count). The molecule has 0 unspecified atom stereocenters. The lowest BCUT2D eigenvalue weighted by Gasteiger charge is -2.28. The van der Waals surface area contributed by atoms with E-state index in [4.69, 9.17) is 0 Å². The van der Waals surface area contributed by atoms with Gasteiger partial charge >= 0.3 is 6.36 Å². The van der Waals surface area contributed by atoms with Crippen LogP contribution in [0, 0.1) is 23.6 Å². The summed E-state index contributed by atoms with van der Waals surface area (Å²) in [5, 5.41) is 1.37. The molecule has 0 aliphatic heterocycles. The van der Waals surface area contributed by atoms with Gasteiger partial charge in [0, 0.05) is 10.9 Å². The van der Waals surface area contributed by atoms with Crippen LogP contribution in [0.3, 0.4) is 0 Å². The number of hydrogen-bond donors (Lipinski definition) is 0. The van der Waals surface area contributed by atoms with Crippen molar-refractivity contribution in [2.24, 2.45) is 5.92 Å². The van der Waals surface area contributed by atoms with Crippen molar-refractivity contribution < 1.29 is 22.3 Å². The van der Waals surface area contributed by atoms with E-state index in [0.29, 0.717) is 16.9 Å². The summed E-state index contributed by atoms with van der Waals surface area (Å²) >= 11 is 0. The summed E-state index contributed by atoms with van der Waals surface area (Å²) in [6.07, 6.45) is 4.31. The number of halogens is 4. The molecular weight excluding hydrogens is 440 g/mol. The van der Waals surface area contributed by atoms with Crippen LogP contribution in [0.4, 0.5) is 17.6 Å². The Morgan fingerprint density at radius 1 is 0.941 bits per heavy atom. The first-order valence-corrected chi connectivity index (χ1v) is 11.5. The fraction of sp³-hybridized carbons (Fsp3) is 0.310. The molecule has 1 aliphatic rings. The molecule has 0 saturated heterocycles. The van der Waals surface area contributed by atoms with Gasteiger partial charge in [0.15, 0.2) is 0 Å². The fourth-order valence-electron chi connectivity index (χ4n) is 4.68. The summed E-state index contributed by atoms with van der Waals surface area (Å²) in [5.74, 6) is 6.18. The number of rotatable bonds is 5. The summed E-state index contributed by atoms with van der Waals surface area (Å²) in [4.78, 5) is 0. The van der Waals surface area contributed by atoms with E-state index in [9.17, 15) is 13.2 Å². The standard InChI is InChI=1S/C29H26F4O/c1-2-3-4-20-5-10-22(11-6-20)24-15-18-27-25(19-24)14-13-23(28(27)30)12-7-21-8-16-26(17-9-21)34-29(31,32)33/h2,8-9,13-20,22H,1,3-6,10-11H2. The third-order valence-electron chi connectivity index (χ3n) is 6.50. The van der Waals surface area contributed by atoms with E-state index in [1.807, 2.05) is 24.3 Å². The van der Waals surface area contributed by atoms with Gasteiger partial charge in [0.25, 0.3) is 0 Å².